The summed E-state index contributed by atoms with van der Waals surface area (Å²) in [5, 5.41) is 7.22. The van der Waals surface area contributed by atoms with E-state index in [1.807, 2.05) is 12.3 Å². The molecule has 1 aliphatic rings. The fourth-order valence-corrected chi connectivity index (χ4v) is 1.60. The Morgan fingerprint density at radius 1 is 1.53 bits per heavy atom. The molecule has 1 fully saturated rings. The third-order valence-corrected chi connectivity index (χ3v) is 2.60. The smallest absolute Gasteiger partial charge is 0.166 e. The molecule has 1 heterocycles. The van der Waals surface area contributed by atoms with Crippen LogP contribution in [0, 0.1) is 0 Å². The van der Waals surface area contributed by atoms with Gasteiger partial charge in [0.2, 0.25) is 0 Å². The van der Waals surface area contributed by atoms with Crippen LogP contribution in [0.1, 0.15) is 18.4 Å². The molecule has 0 saturated heterocycles. The van der Waals surface area contributed by atoms with Crippen molar-refractivity contribution in [2.45, 2.75) is 25.3 Å². The van der Waals surface area contributed by atoms with E-state index in [0.717, 1.165) is 18.1 Å². The van der Waals surface area contributed by atoms with Crippen molar-refractivity contribution in [2.75, 3.05) is 6.54 Å². The van der Waals surface area contributed by atoms with Gasteiger partial charge in [-0.25, -0.2) is 0 Å². The highest BCUT2D eigenvalue weighted by Gasteiger charge is 2.21. The van der Waals surface area contributed by atoms with Gasteiger partial charge in [-0.3, -0.25) is 4.98 Å². The van der Waals surface area contributed by atoms with Gasteiger partial charge in [-0.2, -0.15) is 0 Å². The lowest BCUT2D eigenvalue weighted by Gasteiger charge is -2.08. The third kappa shape index (κ3) is 3.83. The first kappa shape index (κ1) is 10.4. The summed E-state index contributed by atoms with van der Waals surface area (Å²) < 4.78 is 0. The van der Waals surface area contributed by atoms with Crippen LogP contribution in [0.4, 0.5) is 0 Å². The van der Waals surface area contributed by atoms with Gasteiger partial charge < -0.3 is 10.6 Å². The van der Waals surface area contributed by atoms with Crippen LogP contribution in [0.15, 0.2) is 24.5 Å². The summed E-state index contributed by atoms with van der Waals surface area (Å²) in [7, 11) is 0. The predicted octanol–water partition coefficient (Wildman–Crippen LogP) is 1.25. The van der Waals surface area contributed by atoms with Gasteiger partial charge in [-0.15, -0.1) is 0 Å². The van der Waals surface area contributed by atoms with Gasteiger partial charge in [-0.05, 0) is 43.1 Å². The Hall–Kier alpha value is -1.16. The number of aromatic nitrogens is 1. The number of nitrogens with zero attached hydrogens (tertiary/aromatic N) is 1. The molecule has 1 aromatic rings. The molecule has 0 radical (unpaired) electrons. The molecule has 1 saturated carbocycles. The van der Waals surface area contributed by atoms with Crippen molar-refractivity contribution in [3.05, 3.63) is 30.1 Å². The van der Waals surface area contributed by atoms with Crippen LogP contribution in [-0.2, 0) is 6.42 Å². The van der Waals surface area contributed by atoms with Gasteiger partial charge in [0.15, 0.2) is 5.11 Å². The minimum atomic E-state index is 0.628. The normalized spacial score (nSPS) is 14.7. The number of hydrogen-bond acceptors (Lipinski definition) is 2. The maximum Gasteiger partial charge on any atom is 0.166 e. The zero-order valence-electron chi connectivity index (χ0n) is 8.57. The molecule has 0 amide bonds. The van der Waals surface area contributed by atoms with Crippen molar-refractivity contribution >= 4 is 17.3 Å². The van der Waals surface area contributed by atoms with Crippen molar-refractivity contribution in [2.24, 2.45) is 0 Å². The molecule has 3 nitrogen and oxygen atoms in total. The van der Waals surface area contributed by atoms with Gasteiger partial charge in [0.1, 0.15) is 0 Å². The lowest BCUT2D eigenvalue weighted by Crippen LogP contribution is -2.37. The maximum atomic E-state index is 5.15. The molecule has 0 spiro atoms. The van der Waals surface area contributed by atoms with E-state index in [2.05, 4.69) is 21.7 Å². The molecule has 0 aliphatic heterocycles. The highest BCUT2D eigenvalue weighted by molar-refractivity contribution is 7.80. The van der Waals surface area contributed by atoms with Gasteiger partial charge in [0, 0.05) is 25.0 Å². The largest absolute Gasteiger partial charge is 0.362 e. The van der Waals surface area contributed by atoms with E-state index in [0.29, 0.717) is 6.04 Å². The van der Waals surface area contributed by atoms with Crippen LogP contribution in [0.5, 0.6) is 0 Å². The summed E-state index contributed by atoms with van der Waals surface area (Å²) in [5.74, 6) is 0. The minimum absolute atomic E-state index is 0.628. The second-order valence-corrected chi connectivity index (χ2v) is 4.19. The first-order valence-electron chi connectivity index (χ1n) is 5.28. The summed E-state index contributed by atoms with van der Waals surface area (Å²) in [6.07, 6.45) is 7.14. The molecular weight excluding hydrogens is 206 g/mol. The minimum Gasteiger partial charge on any atom is -0.362 e. The molecule has 1 aromatic heterocycles. The molecule has 15 heavy (non-hydrogen) atoms. The molecule has 0 atom stereocenters. The van der Waals surface area contributed by atoms with Gasteiger partial charge in [-0.1, -0.05) is 6.07 Å². The van der Waals surface area contributed by atoms with Gasteiger partial charge in [0.05, 0.1) is 0 Å². The summed E-state index contributed by atoms with van der Waals surface area (Å²) in [4.78, 5) is 4.06. The molecule has 0 bridgehead atoms. The molecule has 2 rings (SSSR count). The average molecular weight is 221 g/mol. The van der Waals surface area contributed by atoms with Crippen molar-refractivity contribution < 1.29 is 0 Å². The van der Waals surface area contributed by atoms with Crippen LogP contribution in [0.2, 0.25) is 0 Å². The molecule has 80 valence electrons. The predicted molar refractivity (Wildman–Crippen MR) is 64.7 cm³/mol. The van der Waals surface area contributed by atoms with Crippen molar-refractivity contribution in [3.8, 4) is 0 Å². The SMILES string of the molecule is S=C(NCCc1cccnc1)NC1CC1. The first-order chi connectivity index (χ1) is 7.34. The molecule has 4 heteroatoms. The van der Waals surface area contributed by atoms with E-state index >= 15 is 0 Å². The quantitative estimate of drug-likeness (QED) is 0.750. The Balaban J connectivity index is 1.63. The summed E-state index contributed by atoms with van der Waals surface area (Å²) in [5.41, 5.74) is 1.24. The molecule has 2 N–H and O–H groups in total. The van der Waals surface area contributed by atoms with E-state index < -0.39 is 0 Å². The van der Waals surface area contributed by atoms with Crippen LogP contribution in [-0.4, -0.2) is 22.7 Å². The Labute approximate surface area is 95.3 Å². The second-order valence-electron chi connectivity index (χ2n) is 3.79. The highest BCUT2D eigenvalue weighted by atomic mass is 32.1. The number of nitrogens with one attached hydrogen (secondary N) is 2. The van der Waals surface area contributed by atoms with Crippen molar-refractivity contribution in [1.82, 2.24) is 15.6 Å². The monoisotopic (exact) mass is 221 g/mol. The van der Waals surface area contributed by atoms with Crippen LogP contribution >= 0.6 is 12.2 Å². The van der Waals surface area contributed by atoms with Gasteiger partial charge in [0.25, 0.3) is 0 Å². The van der Waals surface area contributed by atoms with E-state index in [9.17, 15) is 0 Å². The van der Waals surface area contributed by atoms with E-state index in [1.165, 1.54) is 18.4 Å². The molecular formula is C11H15N3S. The van der Waals surface area contributed by atoms with Crippen LogP contribution in [0.25, 0.3) is 0 Å². The molecule has 0 aromatic carbocycles. The average Bonchev–Trinajstić information content (AvgIpc) is 3.03. The Morgan fingerprint density at radius 2 is 2.40 bits per heavy atom. The fraction of sp³-hybridized carbons (Fsp3) is 0.455. The van der Waals surface area contributed by atoms with Crippen molar-refractivity contribution in [1.29, 1.82) is 0 Å². The number of pyridine rings is 1. The van der Waals surface area contributed by atoms with Crippen LogP contribution < -0.4 is 10.6 Å². The zero-order chi connectivity index (χ0) is 10.5. The maximum absolute atomic E-state index is 5.15. The van der Waals surface area contributed by atoms with E-state index in [-0.39, 0.29) is 0 Å². The number of thiocarbonyl (C=S) groups is 1. The Kier molecular flexibility index (Phi) is 3.50. The number of hydrogen-bond donors (Lipinski definition) is 2. The Bertz CT molecular complexity index is 322. The lowest BCUT2D eigenvalue weighted by atomic mass is 10.2. The first-order valence-corrected chi connectivity index (χ1v) is 5.69. The van der Waals surface area contributed by atoms with Gasteiger partial charge >= 0.3 is 0 Å². The summed E-state index contributed by atoms with van der Waals surface area (Å²) in [6.45, 7) is 0.865. The highest BCUT2D eigenvalue weighted by Crippen LogP contribution is 2.18. The van der Waals surface area contributed by atoms with Crippen molar-refractivity contribution in [3.63, 3.8) is 0 Å². The summed E-state index contributed by atoms with van der Waals surface area (Å²) >= 11 is 5.15. The van der Waals surface area contributed by atoms with E-state index in [1.54, 1.807) is 6.20 Å². The van der Waals surface area contributed by atoms with E-state index in [4.69, 9.17) is 12.2 Å². The topological polar surface area (TPSA) is 37.0 Å². The van der Waals surface area contributed by atoms with Crippen LogP contribution in [0.3, 0.4) is 0 Å². The second kappa shape index (κ2) is 5.07. The standard InChI is InChI=1S/C11H15N3S/c15-11(14-10-3-4-10)13-7-5-9-2-1-6-12-8-9/h1-2,6,8,10H,3-5,7H2,(H2,13,14,15). The zero-order valence-corrected chi connectivity index (χ0v) is 9.39. The summed E-state index contributed by atoms with van der Waals surface area (Å²) in [6, 6.07) is 4.66. The Morgan fingerprint density at radius 3 is 3.07 bits per heavy atom. The lowest BCUT2D eigenvalue weighted by molar-refractivity contribution is 0.810. The molecule has 1 aliphatic carbocycles. The third-order valence-electron chi connectivity index (χ3n) is 2.33. The molecule has 0 unspecified atom stereocenters. The number of rotatable bonds is 4. The fourth-order valence-electron chi connectivity index (χ4n) is 1.33.